The molecule has 2 nitrogen and oxygen atoms in total. The molecule has 0 bridgehead atoms. The third-order valence-electron chi connectivity index (χ3n) is 4.93. The lowest BCUT2D eigenvalue weighted by atomic mass is 9.83. The molecule has 1 heterocycles. The minimum Gasteiger partial charge on any atom is -0.311 e. The Kier molecular flexibility index (Phi) is 5.50. The summed E-state index contributed by atoms with van der Waals surface area (Å²) in [6.07, 6.45) is 10.0. The maximum atomic E-state index is 3.73. The summed E-state index contributed by atoms with van der Waals surface area (Å²) in [6.45, 7) is 9.53. The van der Waals surface area contributed by atoms with Crippen molar-refractivity contribution in [2.45, 2.75) is 83.8 Å². The van der Waals surface area contributed by atoms with Crippen LogP contribution in [0.2, 0.25) is 0 Å². The molecule has 1 aliphatic heterocycles. The molecule has 0 spiro atoms. The molecule has 0 aromatic heterocycles. The van der Waals surface area contributed by atoms with Gasteiger partial charge in [0, 0.05) is 24.7 Å². The fraction of sp³-hybridized carbons (Fsp3) is 1.00. The van der Waals surface area contributed by atoms with E-state index < -0.39 is 0 Å². The molecule has 18 heavy (non-hydrogen) atoms. The van der Waals surface area contributed by atoms with Crippen LogP contribution in [0.15, 0.2) is 0 Å². The summed E-state index contributed by atoms with van der Waals surface area (Å²) in [5.74, 6) is 1.02. The van der Waals surface area contributed by atoms with Crippen LogP contribution in [0.1, 0.15) is 65.7 Å². The monoisotopic (exact) mass is 252 g/mol. The van der Waals surface area contributed by atoms with E-state index in [4.69, 9.17) is 0 Å². The third-order valence-corrected chi connectivity index (χ3v) is 4.93. The van der Waals surface area contributed by atoms with Crippen molar-refractivity contribution in [3.8, 4) is 0 Å². The van der Waals surface area contributed by atoms with Crippen LogP contribution in [0, 0.1) is 5.92 Å². The van der Waals surface area contributed by atoms with Gasteiger partial charge < -0.3 is 5.32 Å². The highest BCUT2D eigenvalue weighted by Gasteiger charge is 2.29. The zero-order valence-electron chi connectivity index (χ0n) is 12.6. The molecule has 0 aromatic rings. The topological polar surface area (TPSA) is 15.3 Å². The number of nitrogens with one attached hydrogen (secondary N) is 1. The highest BCUT2D eigenvalue weighted by atomic mass is 15.2. The molecule has 1 aliphatic carbocycles. The second kappa shape index (κ2) is 6.91. The fourth-order valence-corrected chi connectivity index (χ4v) is 3.86. The van der Waals surface area contributed by atoms with E-state index in [1.54, 1.807) is 0 Å². The Morgan fingerprint density at radius 2 is 1.83 bits per heavy atom. The Balaban J connectivity index is 1.78. The van der Waals surface area contributed by atoms with E-state index in [1.807, 2.05) is 0 Å². The molecule has 1 saturated carbocycles. The normalized spacial score (nSPS) is 35.0. The summed E-state index contributed by atoms with van der Waals surface area (Å²) < 4.78 is 0. The van der Waals surface area contributed by atoms with Crippen molar-refractivity contribution in [2.75, 3.05) is 13.1 Å². The second-order valence-corrected chi connectivity index (χ2v) is 6.74. The van der Waals surface area contributed by atoms with E-state index >= 15 is 0 Å². The van der Waals surface area contributed by atoms with Gasteiger partial charge in [-0.2, -0.15) is 0 Å². The molecule has 0 amide bonds. The molecule has 2 rings (SSSR count). The first-order chi connectivity index (χ1) is 8.69. The highest BCUT2D eigenvalue weighted by Crippen LogP contribution is 2.30. The summed E-state index contributed by atoms with van der Waals surface area (Å²) in [4.78, 5) is 2.79. The molecule has 1 atom stereocenters. The molecular weight excluding hydrogens is 220 g/mol. The Morgan fingerprint density at radius 3 is 2.44 bits per heavy atom. The van der Waals surface area contributed by atoms with Crippen LogP contribution in [-0.2, 0) is 0 Å². The van der Waals surface area contributed by atoms with Crippen LogP contribution in [0.5, 0.6) is 0 Å². The molecule has 1 N–H and O–H groups in total. The lowest BCUT2D eigenvalue weighted by Crippen LogP contribution is -2.51. The smallest absolute Gasteiger partial charge is 0.0197 e. The first kappa shape index (κ1) is 14.3. The number of piperidine rings is 1. The van der Waals surface area contributed by atoms with Gasteiger partial charge in [0.1, 0.15) is 0 Å². The van der Waals surface area contributed by atoms with Gasteiger partial charge in [-0.1, -0.05) is 27.2 Å². The van der Waals surface area contributed by atoms with Gasteiger partial charge in [-0.3, -0.25) is 4.90 Å². The van der Waals surface area contributed by atoms with E-state index in [0.717, 1.165) is 18.0 Å². The van der Waals surface area contributed by atoms with Crippen molar-refractivity contribution in [2.24, 2.45) is 5.92 Å². The number of hydrogen-bond donors (Lipinski definition) is 1. The highest BCUT2D eigenvalue weighted by molar-refractivity contribution is 4.86. The largest absolute Gasteiger partial charge is 0.311 e. The van der Waals surface area contributed by atoms with Crippen LogP contribution in [0.25, 0.3) is 0 Å². The van der Waals surface area contributed by atoms with E-state index in [0.29, 0.717) is 6.04 Å². The molecule has 106 valence electrons. The summed E-state index contributed by atoms with van der Waals surface area (Å²) in [5, 5.41) is 3.73. The number of likely N-dealkylation sites (tertiary alicyclic amines) is 1. The standard InChI is InChI=1S/C16H32N2/c1-4-14-7-9-16(10-8-14)18-11-5-6-15(12-18)17-13(2)3/h13-17H,4-12H2,1-3H3. The summed E-state index contributed by atoms with van der Waals surface area (Å²) in [6, 6.07) is 2.26. The number of nitrogens with zero attached hydrogens (tertiary/aromatic N) is 1. The van der Waals surface area contributed by atoms with E-state index in [9.17, 15) is 0 Å². The zero-order chi connectivity index (χ0) is 13.0. The Bertz CT molecular complexity index is 231. The zero-order valence-corrected chi connectivity index (χ0v) is 12.6. The van der Waals surface area contributed by atoms with Gasteiger partial charge >= 0.3 is 0 Å². The van der Waals surface area contributed by atoms with Gasteiger partial charge in [0.2, 0.25) is 0 Å². The third kappa shape index (κ3) is 3.96. The molecule has 0 aromatic carbocycles. The van der Waals surface area contributed by atoms with Gasteiger partial charge in [0.05, 0.1) is 0 Å². The maximum absolute atomic E-state index is 3.73. The van der Waals surface area contributed by atoms with Gasteiger partial charge in [-0.15, -0.1) is 0 Å². The van der Waals surface area contributed by atoms with Crippen molar-refractivity contribution < 1.29 is 0 Å². The first-order valence-electron chi connectivity index (χ1n) is 8.19. The quantitative estimate of drug-likeness (QED) is 0.825. The number of rotatable bonds is 4. The van der Waals surface area contributed by atoms with Crippen molar-refractivity contribution in [3.05, 3.63) is 0 Å². The Hall–Kier alpha value is -0.0800. The summed E-state index contributed by atoms with van der Waals surface area (Å²) >= 11 is 0. The SMILES string of the molecule is CCC1CCC(N2CCCC(NC(C)C)C2)CC1. The average Bonchev–Trinajstić information content (AvgIpc) is 2.38. The van der Waals surface area contributed by atoms with Crippen molar-refractivity contribution in [1.82, 2.24) is 10.2 Å². The predicted octanol–water partition coefficient (Wildman–Crippen LogP) is 3.42. The second-order valence-electron chi connectivity index (χ2n) is 6.74. The van der Waals surface area contributed by atoms with E-state index in [-0.39, 0.29) is 0 Å². The van der Waals surface area contributed by atoms with Crippen molar-refractivity contribution in [3.63, 3.8) is 0 Å². The Morgan fingerprint density at radius 1 is 1.11 bits per heavy atom. The molecule has 1 saturated heterocycles. The van der Waals surface area contributed by atoms with Crippen LogP contribution < -0.4 is 5.32 Å². The van der Waals surface area contributed by atoms with Gasteiger partial charge in [-0.25, -0.2) is 0 Å². The molecule has 2 aliphatic rings. The molecular formula is C16H32N2. The van der Waals surface area contributed by atoms with Gasteiger partial charge in [0.25, 0.3) is 0 Å². The number of hydrogen-bond acceptors (Lipinski definition) is 2. The van der Waals surface area contributed by atoms with Crippen LogP contribution in [0.3, 0.4) is 0 Å². The Labute approximate surface area is 114 Å². The summed E-state index contributed by atoms with van der Waals surface area (Å²) in [5.41, 5.74) is 0. The lowest BCUT2D eigenvalue weighted by molar-refractivity contribution is 0.0947. The van der Waals surface area contributed by atoms with Crippen LogP contribution >= 0.6 is 0 Å². The molecule has 0 radical (unpaired) electrons. The van der Waals surface area contributed by atoms with Crippen LogP contribution in [0.4, 0.5) is 0 Å². The average molecular weight is 252 g/mol. The maximum Gasteiger partial charge on any atom is 0.0197 e. The lowest BCUT2D eigenvalue weighted by Gasteiger charge is -2.42. The molecule has 2 fully saturated rings. The predicted molar refractivity (Wildman–Crippen MR) is 78.9 cm³/mol. The molecule has 2 heteroatoms. The van der Waals surface area contributed by atoms with Gasteiger partial charge in [-0.05, 0) is 51.0 Å². The minimum absolute atomic E-state index is 0.630. The van der Waals surface area contributed by atoms with Crippen molar-refractivity contribution in [1.29, 1.82) is 0 Å². The van der Waals surface area contributed by atoms with E-state index in [2.05, 4.69) is 31.0 Å². The fourth-order valence-electron chi connectivity index (χ4n) is 3.86. The van der Waals surface area contributed by atoms with Crippen LogP contribution in [-0.4, -0.2) is 36.1 Å². The van der Waals surface area contributed by atoms with Crippen molar-refractivity contribution >= 4 is 0 Å². The first-order valence-corrected chi connectivity index (χ1v) is 8.19. The molecule has 1 unspecified atom stereocenters. The van der Waals surface area contributed by atoms with E-state index in [1.165, 1.54) is 58.0 Å². The minimum atomic E-state index is 0.630. The van der Waals surface area contributed by atoms with Gasteiger partial charge in [0.15, 0.2) is 0 Å². The summed E-state index contributed by atoms with van der Waals surface area (Å²) in [7, 11) is 0.